The number of halogens is 1. The molecule has 1 aromatic heterocycles. The van der Waals surface area contributed by atoms with E-state index in [0.29, 0.717) is 33.2 Å². The minimum absolute atomic E-state index is 0.128. The molecule has 0 spiro atoms. The molecule has 3 aromatic carbocycles. The van der Waals surface area contributed by atoms with Gasteiger partial charge in [0.15, 0.2) is 11.6 Å². The average Bonchev–Trinajstić information content (AvgIpc) is 3.58. The molecule has 4 aromatic rings. The first kappa shape index (κ1) is 23.0. The molecule has 5 rings (SSSR count). The van der Waals surface area contributed by atoms with E-state index in [4.69, 9.17) is 21.1 Å². The highest BCUT2D eigenvalue weighted by molar-refractivity contribution is 7.92. The van der Waals surface area contributed by atoms with Crippen LogP contribution in [0.1, 0.15) is 18.4 Å². The van der Waals surface area contributed by atoms with E-state index in [2.05, 4.69) is 15.9 Å². The number of ether oxygens (including phenoxy) is 2. The van der Waals surface area contributed by atoms with Crippen molar-refractivity contribution >= 4 is 38.3 Å². The number of nitrogens with one attached hydrogen (secondary N) is 1. The van der Waals surface area contributed by atoms with Crippen LogP contribution in [0.5, 0.6) is 17.2 Å². The molecule has 10 heteroatoms. The molecule has 1 aliphatic carbocycles. The summed E-state index contributed by atoms with van der Waals surface area (Å²) in [5.41, 5.74) is 2.95. The number of fused-ring (bicyclic) bond motifs is 1. The van der Waals surface area contributed by atoms with Crippen LogP contribution < -0.4 is 14.2 Å². The van der Waals surface area contributed by atoms with Crippen molar-refractivity contribution < 1.29 is 17.9 Å². The minimum atomic E-state index is -3.46. The van der Waals surface area contributed by atoms with Gasteiger partial charge in [-0.3, -0.25) is 9.40 Å². The van der Waals surface area contributed by atoms with Crippen LogP contribution in [0.4, 0.5) is 5.82 Å². The van der Waals surface area contributed by atoms with Gasteiger partial charge in [0.05, 0.1) is 28.5 Å². The van der Waals surface area contributed by atoms with Gasteiger partial charge in [0.2, 0.25) is 10.0 Å². The number of rotatable bonds is 7. The zero-order valence-electron chi connectivity index (χ0n) is 18.9. The Kier molecular flexibility index (Phi) is 5.79. The second-order valence-electron chi connectivity index (χ2n) is 8.42. The van der Waals surface area contributed by atoms with E-state index in [9.17, 15) is 13.7 Å². The standard InChI is InChI=1S/C25H21ClN4O4S/c1-30-23-10-5-16(12-21(23)25(28-30)29-35(2,31)32)15-3-6-18(7-4-15)33-20-11-17(14-27)24(22(26)13-20)34-19-8-9-19/h3-7,10-13,19H,8-9H2,1-2H3,(H,28,29). The van der Waals surface area contributed by atoms with Crippen molar-refractivity contribution in [2.45, 2.75) is 18.9 Å². The molecule has 178 valence electrons. The van der Waals surface area contributed by atoms with Gasteiger partial charge in [0.1, 0.15) is 17.6 Å². The van der Waals surface area contributed by atoms with E-state index in [1.807, 2.05) is 42.5 Å². The van der Waals surface area contributed by atoms with Crippen LogP contribution in [0.2, 0.25) is 5.02 Å². The molecule has 1 aliphatic rings. The molecule has 1 fully saturated rings. The number of sulfonamides is 1. The Morgan fingerprint density at radius 2 is 1.80 bits per heavy atom. The zero-order valence-corrected chi connectivity index (χ0v) is 20.5. The Morgan fingerprint density at radius 3 is 2.46 bits per heavy atom. The van der Waals surface area contributed by atoms with Gasteiger partial charge in [-0.05, 0) is 48.2 Å². The lowest BCUT2D eigenvalue weighted by Gasteiger charge is -2.12. The topological polar surface area (TPSA) is 106 Å². The lowest BCUT2D eigenvalue weighted by Crippen LogP contribution is -2.10. The smallest absolute Gasteiger partial charge is 0.231 e. The molecule has 0 amide bonds. The third-order valence-electron chi connectivity index (χ3n) is 5.50. The van der Waals surface area contributed by atoms with Crippen LogP contribution in [0, 0.1) is 11.3 Å². The van der Waals surface area contributed by atoms with Crippen molar-refractivity contribution in [3.63, 3.8) is 0 Å². The highest BCUT2D eigenvalue weighted by Gasteiger charge is 2.26. The van der Waals surface area contributed by atoms with Gasteiger partial charge in [-0.1, -0.05) is 29.8 Å². The van der Waals surface area contributed by atoms with Crippen molar-refractivity contribution in [1.29, 1.82) is 5.26 Å². The van der Waals surface area contributed by atoms with E-state index in [1.165, 1.54) is 0 Å². The number of hydrogen-bond donors (Lipinski definition) is 1. The van der Waals surface area contributed by atoms with Crippen LogP contribution in [-0.2, 0) is 17.1 Å². The molecule has 0 saturated heterocycles. The first-order chi connectivity index (χ1) is 16.7. The van der Waals surface area contributed by atoms with Gasteiger partial charge in [-0.2, -0.15) is 10.4 Å². The maximum Gasteiger partial charge on any atom is 0.231 e. The molecule has 1 saturated carbocycles. The van der Waals surface area contributed by atoms with E-state index in [0.717, 1.165) is 35.7 Å². The van der Waals surface area contributed by atoms with E-state index in [-0.39, 0.29) is 11.9 Å². The highest BCUT2D eigenvalue weighted by atomic mass is 35.5. The predicted octanol–water partition coefficient (Wildman–Crippen LogP) is 5.47. The second-order valence-corrected chi connectivity index (χ2v) is 10.6. The number of aryl methyl sites for hydroxylation is 1. The van der Waals surface area contributed by atoms with E-state index in [1.54, 1.807) is 23.9 Å². The summed E-state index contributed by atoms with van der Waals surface area (Å²) in [5, 5.41) is 14.8. The number of aromatic nitrogens is 2. The molecular formula is C25H21ClN4O4S. The van der Waals surface area contributed by atoms with Crippen LogP contribution >= 0.6 is 11.6 Å². The fraction of sp³-hybridized carbons (Fsp3) is 0.200. The van der Waals surface area contributed by atoms with Crippen molar-refractivity contribution in [3.05, 3.63) is 65.2 Å². The maximum atomic E-state index is 11.7. The maximum absolute atomic E-state index is 11.7. The monoisotopic (exact) mass is 508 g/mol. The molecule has 35 heavy (non-hydrogen) atoms. The van der Waals surface area contributed by atoms with Gasteiger partial charge >= 0.3 is 0 Å². The SMILES string of the molecule is Cn1nc(NS(C)(=O)=O)c2cc(-c3ccc(Oc4cc(Cl)c(OC5CC5)c(C#N)c4)cc3)ccc21. The number of anilines is 1. The Hall–Kier alpha value is -3.74. The van der Waals surface area contributed by atoms with Crippen molar-refractivity contribution in [2.24, 2.45) is 7.05 Å². The Balaban J connectivity index is 1.40. The molecule has 8 nitrogen and oxygen atoms in total. The summed E-state index contributed by atoms with van der Waals surface area (Å²) in [6.45, 7) is 0. The highest BCUT2D eigenvalue weighted by Crippen LogP contribution is 2.39. The summed E-state index contributed by atoms with van der Waals surface area (Å²) in [5.74, 6) is 1.70. The van der Waals surface area contributed by atoms with Gasteiger partial charge in [0.25, 0.3) is 0 Å². The number of nitriles is 1. The quantitative estimate of drug-likeness (QED) is 0.355. The van der Waals surface area contributed by atoms with E-state index < -0.39 is 10.0 Å². The second kappa shape index (κ2) is 8.80. The summed E-state index contributed by atoms with van der Waals surface area (Å²) >= 11 is 6.35. The lowest BCUT2D eigenvalue weighted by atomic mass is 10.0. The summed E-state index contributed by atoms with van der Waals surface area (Å²) < 4.78 is 39.2. The van der Waals surface area contributed by atoms with Gasteiger partial charge in [-0.25, -0.2) is 8.42 Å². The van der Waals surface area contributed by atoms with E-state index >= 15 is 0 Å². The molecule has 0 unspecified atom stereocenters. The van der Waals surface area contributed by atoms with Crippen LogP contribution in [-0.4, -0.2) is 30.6 Å². The summed E-state index contributed by atoms with van der Waals surface area (Å²) in [6, 6.07) is 18.5. The number of nitrogens with zero attached hydrogens (tertiary/aromatic N) is 3. The summed E-state index contributed by atoms with van der Waals surface area (Å²) in [7, 11) is -1.70. The first-order valence-electron chi connectivity index (χ1n) is 10.8. The zero-order chi connectivity index (χ0) is 24.7. The third kappa shape index (κ3) is 5.04. The van der Waals surface area contributed by atoms with Crippen molar-refractivity contribution in [2.75, 3.05) is 11.0 Å². The largest absolute Gasteiger partial charge is 0.487 e. The number of benzene rings is 3. The Labute approximate surface area is 207 Å². The molecule has 0 atom stereocenters. The Bertz CT molecular complexity index is 1590. The predicted molar refractivity (Wildman–Crippen MR) is 135 cm³/mol. The fourth-order valence-corrected chi connectivity index (χ4v) is 4.49. The average molecular weight is 509 g/mol. The van der Waals surface area contributed by atoms with Crippen LogP contribution in [0.15, 0.2) is 54.6 Å². The summed E-state index contributed by atoms with van der Waals surface area (Å²) in [6.07, 6.45) is 3.16. The van der Waals surface area contributed by atoms with Crippen molar-refractivity contribution in [3.8, 4) is 34.4 Å². The third-order valence-corrected chi connectivity index (χ3v) is 6.35. The normalized spacial score (nSPS) is 13.4. The van der Waals surface area contributed by atoms with Crippen LogP contribution in [0.25, 0.3) is 22.0 Å². The minimum Gasteiger partial charge on any atom is -0.487 e. The molecule has 0 aliphatic heterocycles. The molecule has 1 N–H and O–H groups in total. The molecule has 1 heterocycles. The fourth-order valence-electron chi connectivity index (χ4n) is 3.73. The molecular weight excluding hydrogens is 488 g/mol. The molecule has 0 radical (unpaired) electrons. The lowest BCUT2D eigenvalue weighted by molar-refractivity contribution is 0.302. The van der Waals surface area contributed by atoms with Crippen molar-refractivity contribution in [1.82, 2.24) is 9.78 Å². The Morgan fingerprint density at radius 1 is 1.09 bits per heavy atom. The van der Waals surface area contributed by atoms with Gasteiger partial charge < -0.3 is 9.47 Å². The number of hydrogen-bond acceptors (Lipinski definition) is 6. The van der Waals surface area contributed by atoms with Crippen LogP contribution in [0.3, 0.4) is 0 Å². The van der Waals surface area contributed by atoms with Gasteiger partial charge in [0, 0.05) is 24.6 Å². The summed E-state index contributed by atoms with van der Waals surface area (Å²) in [4.78, 5) is 0. The first-order valence-corrected chi connectivity index (χ1v) is 13.1. The molecule has 0 bridgehead atoms. The van der Waals surface area contributed by atoms with Gasteiger partial charge in [-0.15, -0.1) is 0 Å².